The lowest BCUT2D eigenvalue weighted by atomic mass is 10.1. The summed E-state index contributed by atoms with van der Waals surface area (Å²) in [6, 6.07) is 33.2. The number of rotatable bonds is 17. The number of ether oxygens (including phenoxy) is 1. The fourth-order valence-corrected chi connectivity index (χ4v) is 5.40. The zero-order valence-corrected chi connectivity index (χ0v) is 28.2. The van der Waals surface area contributed by atoms with E-state index >= 15 is 0 Å². The van der Waals surface area contributed by atoms with Gasteiger partial charge in [0.05, 0.1) is 16.3 Å². The van der Waals surface area contributed by atoms with Crippen molar-refractivity contribution in [3.8, 4) is 0 Å². The number of non-ortho nitro benzene ring substituents is 1. The van der Waals surface area contributed by atoms with Gasteiger partial charge in [0.15, 0.2) is 0 Å². The number of benzene rings is 3. The number of carbonyl (C=O) groups excluding carboxylic acids is 1. The number of aliphatic hydroxyl groups excluding tert-OH is 1. The summed E-state index contributed by atoms with van der Waals surface area (Å²) in [7, 11) is 0. The van der Waals surface area contributed by atoms with E-state index in [1.807, 2.05) is 81.4 Å². The number of nitrogens with zero attached hydrogens (tertiary/aromatic N) is 5. The number of amides is 1. The van der Waals surface area contributed by atoms with Crippen molar-refractivity contribution in [1.82, 2.24) is 19.7 Å². The molecule has 0 saturated carbocycles. The average molecular weight is 654 g/mol. The third-order valence-electron chi connectivity index (χ3n) is 7.59. The summed E-state index contributed by atoms with van der Waals surface area (Å²) in [5, 5.41) is 20.9. The molecular weight excluding hydrogens is 606 g/mol. The van der Waals surface area contributed by atoms with E-state index < -0.39 is 11.7 Å². The van der Waals surface area contributed by atoms with Crippen LogP contribution in [0.5, 0.6) is 0 Å². The number of carbonyl (C=O) groups is 1. The van der Waals surface area contributed by atoms with Crippen molar-refractivity contribution >= 4 is 11.8 Å². The third-order valence-corrected chi connectivity index (χ3v) is 7.59. The van der Waals surface area contributed by atoms with Gasteiger partial charge in [-0.1, -0.05) is 78.9 Å². The summed E-state index contributed by atoms with van der Waals surface area (Å²) < 4.78 is 5.66. The Balaban J connectivity index is 1.52. The molecule has 0 atom stereocenters. The topological polar surface area (TPSA) is 112 Å². The lowest BCUT2D eigenvalue weighted by Gasteiger charge is -2.30. The van der Waals surface area contributed by atoms with Crippen LogP contribution < -0.4 is 0 Å². The molecule has 0 spiro atoms. The molecular formula is C38H47N5O5. The van der Waals surface area contributed by atoms with Crippen LogP contribution >= 0.6 is 0 Å². The van der Waals surface area contributed by atoms with Crippen molar-refractivity contribution in [3.63, 3.8) is 0 Å². The number of aromatic nitrogens is 1. The van der Waals surface area contributed by atoms with Crippen molar-refractivity contribution in [2.75, 3.05) is 26.2 Å². The molecule has 3 aromatic carbocycles. The summed E-state index contributed by atoms with van der Waals surface area (Å²) in [5.41, 5.74) is 4.41. The van der Waals surface area contributed by atoms with Gasteiger partial charge in [-0.25, -0.2) is 4.79 Å². The Bertz CT molecular complexity index is 1580. The highest BCUT2D eigenvalue weighted by Crippen LogP contribution is 2.19. The molecule has 254 valence electrons. The van der Waals surface area contributed by atoms with Crippen molar-refractivity contribution in [3.05, 3.63) is 141 Å². The van der Waals surface area contributed by atoms with Crippen LogP contribution in [0.2, 0.25) is 0 Å². The summed E-state index contributed by atoms with van der Waals surface area (Å²) in [5.74, 6) is 0. The Morgan fingerprint density at radius 2 is 1.27 bits per heavy atom. The SMILES string of the molecule is CC(C)(C)OC(=O)N(CCCO)CCN(Cc1ccccc1)Cc1cccc(CN(Cc2ccccc2)Cc2cccc([N+](=O)[O-])c2)n1. The van der Waals surface area contributed by atoms with E-state index in [-0.39, 0.29) is 17.2 Å². The highest BCUT2D eigenvalue weighted by Gasteiger charge is 2.23. The summed E-state index contributed by atoms with van der Waals surface area (Å²) in [4.78, 5) is 35.3. The molecule has 0 radical (unpaired) electrons. The lowest BCUT2D eigenvalue weighted by Crippen LogP contribution is -2.42. The zero-order chi connectivity index (χ0) is 34.4. The molecule has 0 aliphatic heterocycles. The van der Waals surface area contributed by atoms with Crippen molar-refractivity contribution in [1.29, 1.82) is 0 Å². The smallest absolute Gasteiger partial charge is 0.410 e. The second-order valence-corrected chi connectivity index (χ2v) is 12.9. The number of hydrogen-bond acceptors (Lipinski definition) is 8. The number of nitro benzene ring substituents is 1. The molecule has 0 unspecified atom stereocenters. The Hall–Kier alpha value is -4.64. The predicted molar refractivity (Wildman–Crippen MR) is 187 cm³/mol. The highest BCUT2D eigenvalue weighted by atomic mass is 16.6. The molecule has 0 aliphatic carbocycles. The van der Waals surface area contributed by atoms with E-state index in [0.29, 0.717) is 58.8 Å². The number of pyridine rings is 1. The highest BCUT2D eigenvalue weighted by molar-refractivity contribution is 5.68. The largest absolute Gasteiger partial charge is 0.444 e. The van der Waals surface area contributed by atoms with Gasteiger partial charge < -0.3 is 14.7 Å². The van der Waals surface area contributed by atoms with Gasteiger partial charge in [0, 0.05) is 71.1 Å². The van der Waals surface area contributed by atoms with Crippen LogP contribution in [0.25, 0.3) is 0 Å². The maximum Gasteiger partial charge on any atom is 0.410 e. The average Bonchev–Trinajstić information content (AvgIpc) is 3.05. The molecule has 0 aliphatic rings. The molecule has 1 heterocycles. The molecule has 10 heteroatoms. The van der Waals surface area contributed by atoms with E-state index in [2.05, 4.69) is 34.1 Å². The van der Waals surface area contributed by atoms with Crippen molar-refractivity contribution < 1.29 is 19.6 Å². The molecule has 4 rings (SSSR count). The quantitative estimate of drug-likeness (QED) is 0.0977. The fraction of sp³-hybridized carbons (Fsp3) is 0.368. The van der Waals surface area contributed by atoms with Crippen molar-refractivity contribution in [2.24, 2.45) is 0 Å². The first-order valence-electron chi connectivity index (χ1n) is 16.4. The molecule has 1 N–H and O–H groups in total. The number of aliphatic hydroxyl groups is 1. The minimum Gasteiger partial charge on any atom is -0.444 e. The van der Waals surface area contributed by atoms with Gasteiger partial charge in [-0.05, 0) is 56.0 Å². The molecule has 4 aromatic rings. The summed E-state index contributed by atoms with van der Waals surface area (Å²) in [6.07, 6.45) is 0.0788. The second-order valence-electron chi connectivity index (χ2n) is 12.9. The maximum atomic E-state index is 13.0. The van der Waals surface area contributed by atoms with E-state index in [0.717, 1.165) is 28.1 Å². The second kappa shape index (κ2) is 18.1. The molecule has 48 heavy (non-hydrogen) atoms. The minimum atomic E-state index is -0.619. The first-order chi connectivity index (χ1) is 23.1. The van der Waals surface area contributed by atoms with Gasteiger partial charge in [-0.15, -0.1) is 0 Å². The molecule has 1 amide bonds. The number of hydrogen-bond donors (Lipinski definition) is 1. The van der Waals surface area contributed by atoms with Crippen LogP contribution in [0.4, 0.5) is 10.5 Å². The maximum absolute atomic E-state index is 13.0. The van der Waals surface area contributed by atoms with E-state index in [4.69, 9.17) is 9.72 Å². The summed E-state index contributed by atoms with van der Waals surface area (Å²) in [6.45, 7) is 9.93. The predicted octanol–water partition coefficient (Wildman–Crippen LogP) is 6.81. The van der Waals surface area contributed by atoms with Crippen LogP contribution in [-0.4, -0.2) is 67.6 Å². The van der Waals surface area contributed by atoms with Gasteiger partial charge >= 0.3 is 6.09 Å². The van der Waals surface area contributed by atoms with E-state index in [1.165, 1.54) is 6.07 Å². The van der Waals surface area contributed by atoms with Gasteiger partial charge in [0.1, 0.15) is 5.60 Å². The minimum absolute atomic E-state index is 0.00774. The molecule has 0 fully saturated rings. The van der Waals surface area contributed by atoms with Crippen LogP contribution in [-0.2, 0) is 37.5 Å². The zero-order valence-electron chi connectivity index (χ0n) is 28.2. The Labute approximate surface area is 283 Å². The normalized spacial score (nSPS) is 11.5. The van der Waals surface area contributed by atoms with E-state index in [9.17, 15) is 20.0 Å². The van der Waals surface area contributed by atoms with Gasteiger partial charge in [-0.2, -0.15) is 0 Å². The van der Waals surface area contributed by atoms with Crippen molar-refractivity contribution in [2.45, 2.75) is 65.5 Å². The van der Waals surface area contributed by atoms with Crippen LogP contribution in [0.1, 0.15) is 55.3 Å². The van der Waals surface area contributed by atoms with Crippen LogP contribution in [0.15, 0.2) is 103 Å². The molecule has 0 saturated heterocycles. The standard InChI is InChI=1S/C38H47N5O5/c1-38(2,3)48-37(45)42(21-12-24-44)23-22-40(26-31-13-6-4-7-14-31)29-34-18-11-19-35(39-34)30-41(27-32-15-8-5-9-16-32)28-33-17-10-20-36(25-33)43(46)47/h4-11,13-20,25,44H,12,21-24,26-30H2,1-3H3. The third kappa shape index (κ3) is 12.5. The van der Waals surface area contributed by atoms with Crippen LogP contribution in [0.3, 0.4) is 0 Å². The molecule has 1 aromatic heterocycles. The fourth-order valence-electron chi connectivity index (χ4n) is 5.40. The van der Waals surface area contributed by atoms with E-state index in [1.54, 1.807) is 17.0 Å². The van der Waals surface area contributed by atoms with Gasteiger partial charge in [0.2, 0.25) is 0 Å². The monoisotopic (exact) mass is 653 g/mol. The Morgan fingerprint density at radius 1 is 0.729 bits per heavy atom. The van der Waals surface area contributed by atoms with Crippen LogP contribution in [0, 0.1) is 10.1 Å². The Morgan fingerprint density at radius 3 is 1.85 bits per heavy atom. The van der Waals surface area contributed by atoms with Gasteiger partial charge in [-0.3, -0.25) is 24.9 Å². The summed E-state index contributed by atoms with van der Waals surface area (Å²) >= 11 is 0. The lowest BCUT2D eigenvalue weighted by molar-refractivity contribution is -0.384. The van der Waals surface area contributed by atoms with Gasteiger partial charge in [0.25, 0.3) is 5.69 Å². The Kier molecular flexibility index (Phi) is 13.6. The first kappa shape index (κ1) is 36.2. The first-order valence-corrected chi connectivity index (χ1v) is 16.4. The molecule has 10 nitrogen and oxygen atoms in total. The molecule has 0 bridgehead atoms. The number of nitro groups is 1.